The zero-order valence-corrected chi connectivity index (χ0v) is 16.3. The Balaban J connectivity index is 1.81. The van der Waals surface area contributed by atoms with Crippen molar-refractivity contribution in [2.24, 2.45) is 5.14 Å². The Morgan fingerprint density at radius 2 is 1.96 bits per heavy atom. The lowest BCUT2D eigenvalue weighted by Crippen LogP contribution is -2.24. The zero-order chi connectivity index (χ0) is 19.1. The highest BCUT2D eigenvalue weighted by Crippen LogP contribution is 2.22. The first-order valence-electron chi connectivity index (χ1n) is 7.96. The van der Waals surface area contributed by atoms with Crippen LogP contribution in [-0.2, 0) is 16.6 Å². The van der Waals surface area contributed by atoms with Gasteiger partial charge in [0.05, 0.1) is 10.6 Å². The molecular weight excluding hydrogens is 372 g/mol. The van der Waals surface area contributed by atoms with Crippen molar-refractivity contribution in [3.05, 3.63) is 63.0 Å². The van der Waals surface area contributed by atoms with E-state index in [2.05, 4.69) is 4.98 Å². The molecule has 0 bridgehead atoms. The molecule has 0 saturated carbocycles. The number of nitrogens with zero attached hydrogens (tertiary/aromatic N) is 3. The largest absolute Gasteiger partial charge is 0.294 e. The number of hydrogen-bond donors (Lipinski definition) is 1. The molecule has 0 aliphatic heterocycles. The van der Waals surface area contributed by atoms with Crippen molar-refractivity contribution in [2.75, 3.05) is 7.05 Å². The average molecular weight is 393 g/mol. The van der Waals surface area contributed by atoms with Crippen LogP contribution in [0.4, 0.5) is 0 Å². The summed E-state index contributed by atoms with van der Waals surface area (Å²) >= 11 is 1.44. The van der Waals surface area contributed by atoms with Crippen LogP contribution in [0.2, 0.25) is 0 Å². The fourth-order valence-electron chi connectivity index (χ4n) is 2.76. The number of hydrogen-bond acceptors (Lipinski definition) is 6. The third-order valence-corrected chi connectivity index (χ3v) is 6.27. The molecule has 7 nitrogen and oxygen atoms in total. The molecule has 2 N–H and O–H groups in total. The Morgan fingerprint density at radius 3 is 2.58 bits per heavy atom. The highest BCUT2D eigenvalue weighted by atomic mass is 32.2. The standard InChI is InChI=1S/C17H20N4O3S2/c1-11-10-25-17-19-14(8-16(22)21(11)17)9-20(3)12(2)13-4-6-15(7-5-13)26(18,23)24/h4-8,10,12H,9H2,1-3H3,(H2,18,23,24)/t12-/m0/s1. The van der Waals surface area contributed by atoms with Crippen LogP contribution < -0.4 is 10.7 Å². The van der Waals surface area contributed by atoms with Crippen molar-refractivity contribution in [1.29, 1.82) is 0 Å². The number of aromatic nitrogens is 2. The van der Waals surface area contributed by atoms with E-state index in [-0.39, 0.29) is 16.5 Å². The molecule has 1 aromatic carbocycles. The van der Waals surface area contributed by atoms with Gasteiger partial charge in [0.15, 0.2) is 4.96 Å². The molecule has 0 amide bonds. The maximum absolute atomic E-state index is 12.3. The summed E-state index contributed by atoms with van der Waals surface area (Å²) in [6.07, 6.45) is 0. The Labute approximate surface area is 155 Å². The average Bonchev–Trinajstić information content (AvgIpc) is 2.95. The summed E-state index contributed by atoms with van der Waals surface area (Å²) < 4.78 is 24.3. The number of rotatable bonds is 5. The second-order valence-electron chi connectivity index (χ2n) is 6.29. The molecule has 2 aromatic heterocycles. The van der Waals surface area contributed by atoms with Gasteiger partial charge in [-0.3, -0.25) is 14.1 Å². The van der Waals surface area contributed by atoms with Crippen LogP contribution in [0, 0.1) is 6.92 Å². The van der Waals surface area contributed by atoms with E-state index in [0.717, 1.165) is 11.3 Å². The molecule has 0 unspecified atom stereocenters. The fourth-order valence-corrected chi connectivity index (χ4v) is 4.17. The second kappa shape index (κ2) is 6.92. The molecule has 0 saturated heterocycles. The normalized spacial score (nSPS) is 13.4. The number of fused-ring (bicyclic) bond motifs is 1. The molecular formula is C17H20N4O3S2. The van der Waals surface area contributed by atoms with Crippen molar-refractivity contribution in [1.82, 2.24) is 14.3 Å². The highest BCUT2D eigenvalue weighted by molar-refractivity contribution is 7.89. The van der Waals surface area contributed by atoms with Gasteiger partial charge in [-0.05, 0) is 38.6 Å². The Kier molecular flexibility index (Phi) is 4.98. The van der Waals surface area contributed by atoms with Crippen molar-refractivity contribution < 1.29 is 8.42 Å². The Morgan fingerprint density at radius 1 is 1.31 bits per heavy atom. The van der Waals surface area contributed by atoms with E-state index >= 15 is 0 Å². The van der Waals surface area contributed by atoms with Crippen molar-refractivity contribution in [3.8, 4) is 0 Å². The lowest BCUT2D eigenvalue weighted by molar-refractivity contribution is 0.250. The van der Waals surface area contributed by atoms with Gasteiger partial charge < -0.3 is 0 Å². The van der Waals surface area contributed by atoms with Gasteiger partial charge >= 0.3 is 0 Å². The van der Waals surface area contributed by atoms with Crippen LogP contribution in [0.1, 0.15) is 29.9 Å². The van der Waals surface area contributed by atoms with E-state index in [1.54, 1.807) is 22.6 Å². The van der Waals surface area contributed by atoms with Gasteiger partial charge in [-0.15, -0.1) is 11.3 Å². The second-order valence-corrected chi connectivity index (χ2v) is 8.68. The van der Waals surface area contributed by atoms with Gasteiger partial charge in [-0.25, -0.2) is 18.5 Å². The molecule has 9 heteroatoms. The monoisotopic (exact) mass is 392 g/mol. The maximum Gasteiger partial charge on any atom is 0.259 e. The van der Waals surface area contributed by atoms with Gasteiger partial charge in [0.2, 0.25) is 10.0 Å². The topological polar surface area (TPSA) is 97.8 Å². The molecule has 26 heavy (non-hydrogen) atoms. The summed E-state index contributed by atoms with van der Waals surface area (Å²) in [5.74, 6) is 0. The first kappa shape index (κ1) is 18.7. The molecule has 0 radical (unpaired) electrons. The Bertz CT molecular complexity index is 1100. The van der Waals surface area contributed by atoms with Gasteiger partial charge in [-0.1, -0.05) is 12.1 Å². The maximum atomic E-state index is 12.3. The van der Waals surface area contributed by atoms with Crippen LogP contribution in [0.3, 0.4) is 0 Å². The summed E-state index contributed by atoms with van der Waals surface area (Å²) in [5.41, 5.74) is 2.45. The number of aryl methyl sites for hydroxylation is 1. The van der Waals surface area contributed by atoms with E-state index in [1.165, 1.54) is 23.5 Å². The van der Waals surface area contributed by atoms with Crippen LogP contribution in [0.25, 0.3) is 4.96 Å². The van der Waals surface area contributed by atoms with Gasteiger partial charge in [0.25, 0.3) is 5.56 Å². The molecule has 138 valence electrons. The molecule has 3 aromatic rings. The van der Waals surface area contributed by atoms with E-state index in [1.807, 2.05) is 31.2 Å². The summed E-state index contributed by atoms with van der Waals surface area (Å²) in [5, 5.41) is 7.04. The summed E-state index contributed by atoms with van der Waals surface area (Å²) in [6, 6.07) is 8.06. The summed E-state index contributed by atoms with van der Waals surface area (Å²) in [6.45, 7) is 4.39. The number of sulfonamides is 1. The van der Waals surface area contributed by atoms with Crippen LogP contribution >= 0.6 is 11.3 Å². The van der Waals surface area contributed by atoms with Gasteiger partial charge in [-0.2, -0.15) is 0 Å². The quantitative estimate of drug-likeness (QED) is 0.715. The van der Waals surface area contributed by atoms with Crippen LogP contribution in [-0.4, -0.2) is 29.8 Å². The summed E-state index contributed by atoms with van der Waals surface area (Å²) in [7, 11) is -1.77. The van der Waals surface area contributed by atoms with Crippen LogP contribution in [0.15, 0.2) is 45.4 Å². The third-order valence-electron chi connectivity index (χ3n) is 4.39. The van der Waals surface area contributed by atoms with E-state index in [9.17, 15) is 13.2 Å². The van der Waals surface area contributed by atoms with Crippen molar-refractivity contribution in [3.63, 3.8) is 0 Å². The Hall–Kier alpha value is -2.07. The fraction of sp³-hybridized carbons (Fsp3) is 0.294. The van der Waals surface area contributed by atoms with Crippen molar-refractivity contribution in [2.45, 2.75) is 31.3 Å². The first-order valence-corrected chi connectivity index (χ1v) is 10.4. The SMILES string of the molecule is Cc1csc2nc(CN(C)[C@@H](C)c3ccc(S(N)(=O)=O)cc3)cc(=O)n12. The predicted molar refractivity (Wildman–Crippen MR) is 102 cm³/mol. The van der Waals surface area contributed by atoms with Crippen molar-refractivity contribution >= 4 is 26.3 Å². The van der Waals surface area contributed by atoms with Gasteiger partial charge in [0, 0.05) is 29.7 Å². The predicted octanol–water partition coefficient (Wildman–Crippen LogP) is 1.90. The van der Waals surface area contributed by atoms with Gasteiger partial charge in [0.1, 0.15) is 0 Å². The first-order chi connectivity index (χ1) is 12.2. The molecule has 0 spiro atoms. The minimum atomic E-state index is -3.70. The molecule has 0 fully saturated rings. The lowest BCUT2D eigenvalue weighted by Gasteiger charge is -2.24. The smallest absolute Gasteiger partial charge is 0.259 e. The molecule has 1 atom stereocenters. The molecule has 0 aliphatic carbocycles. The summed E-state index contributed by atoms with van der Waals surface area (Å²) in [4.78, 5) is 19.7. The minimum absolute atomic E-state index is 0.00912. The molecule has 0 aliphatic rings. The zero-order valence-electron chi connectivity index (χ0n) is 14.7. The minimum Gasteiger partial charge on any atom is -0.294 e. The molecule has 2 heterocycles. The number of thiazole rings is 1. The van der Waals surface area contributed by atoms with E-state index in [0.29, 0.717) is 17.2 Å². The molecule has 3 rings (SSSR count). The highest BCUT2D eigenvalue weighted by Gasteiger charge is 2.15. The van der Waals surface area contributed by atoms with E-state index < -0.39 is 10.0 Å². The number of benzene rings is 1. The van der Waals surface area contributed by atoms with Crippen LogP contribution in [0.5, 0.6) is 0 Å². The number of nitrogens with two attached hydrogens (primary N) is 1. The lowest BCUT2D eigenvalue weighted by atomic mass is 10.1. The number of primary sulfonamides is 1. The van der Waals surface area contributed by atoms with E-state index in [4.69, 9.17) is 5.14 Å². The third kappa shape index (κ3) is 3.70.